The molecule has 0 unspecified atom stereocenters. The fourth-order valence-electron chi connectivity index (χ4n) is 4.35. The third-order valence-electron chi connectivity index (χ3n) is 5.93. The first-order valence-corrected chi connectivity index (χ1v) is 11.4. The lowest BCUT2D eigenvalue weighted by Crippen LogP contribution is -2.45. The summed E-state index contributed by atoms with van der Waals surface area (Å²) in [5.41, 5.74) is 4.71. The molecule has 2 aromatic rings. The molecule has 0 aliphatic carbocycles. The number of nitrogens with zero attached hydrogens (tertiary/aromatic N) is 1. The second-order valence-electron chi connectivity index (χ2n) is 8.85. The highest BCUT2D eigenvalue weighted by Gasteiger charge is 2.25. The minimum absolute atomic E-state index is 0.0677. The second kappa shape index (κ2) is 10.6. The van der Waals surface area contributed by atoms with Crippen molar-refractivity contribution in [3.63, 3.8) is 0 Å². The van der Waals surface area contributed by atoms with Gasteiger partial charge in [-0.05, 0) is 56.4 Å². The van der Waals surface area contributed by atoms with Gasteiger partial charge in [0, 0.05) is 13.1 Å². The van der Waals surface area contributed by atoms with E-state index in [9.17, 15) is 14.7 Å². The summed E-state index contributed by atoms with van der Waals surface area (Å²) in [6.45, 7) is 9.57. The van der Waals surface area contributed by atoms with Crippen molar-refractivity contribution in [2.45, 2.75) is 65.1 Å². The number of carbonyl (C=O) groups excluding carboxylic acids is 1. The van der Waals surface area contributed by atoms with Crippen LogP contribution in [0, 0.1) is 6.92 Å². The quantitative estimate of drug-likeness (QED) is 0.621. The van der Waals surface area contributed by atoms with Crippen LogP contribution < -0.4 is 10.2 Å². The van der Waals surface area contributed by atoms with Gasteiger partial charge in [0.05, 0.1) is 36.4 Å². The van der Waals surface area contributed by atoms with Crippen LogP contribution in [0.15, 0.2) is 42.5 Å². The number of carboxylic acid groups (broad SMARTS) is 1. The van der Waals surface area contributed by atoms with E-state index in [4.69, 9.17) is 4.74 Å². The lowest BCUT2D eigenvalue weighted by atomic mass is 9.92. The normalized spacial score (nSPS) is 19.4. The summed E-state index contributed by atoms with van der Waals surface area (Å²) < 4.78 is 5.88. The topological polar surface area (TPSA) is 78.9 Å². The maximum absolute atomic E-state index is 12.9. The van der Waals surface area contributed by atoms with Crippen molar-refractivity contribution in [1.29, 1.82) is 0 Å². The van der Waals surface area contributed by atoms with E-state index in [0.29, 0.717) is 6.42 Å². The van der Waals surface area contributed by atoms with Crippen molar-refractivity contribution >= 4 is 23.3 Å². The summed E-state index contributed by atoms with van der Waals surface area (Å²) in [7, 11) is 0. The number of hydrogen-bond acceptors (Lipinski definition) is 4. The Hall–Kier alpha value is -2.86. The Morgan fingerprint density at radius 1 is 1.12 bits per heavy atom. The molecule has 6 nitrogen and oxygen atoms in total. The summed E-state index contributed by atoms with van der Waals surface area (Å²) in [6, 6.07) is 13.9. The molecule has 6 heteroatoms. The Kier molecular flexibility index (Phi) is 7.91. The third kappa shape index (κ3) is 6.33. The molecule has 1 amide bonds. The fourth-order valence-corrected chi connectivity index (χ4v) is 4.35. The molecule has 0 radical (unpaired) electrons. The first-order chi connectivity index (χ1) is 15.2. The van der Waals surface area contributed by atoms with Crippen molar-refractivity contribution in [2.75, 3.05) is 23.3 Å². The monoisotopic (exact) mass is 438 g/mol. The van der Waals surface area contributed by atoms with Crippen molar-refractivity contribution in [2.24, 2.45) is 0 Å². The van der Waals surface area contributed by atoms with Gasteiger partial charge >= 0.3 is 5.97 Å². The maximum atomic E-state index is 12.9. The van der Waals surface area contributed by atoms with E-state index in [1.807, 2.05) is 70.2 Å². The molecular formula is C26H34N2O4. The van der Waals surface area contributed by atoms with Crippen LogP contribution in [0.1, 0.15) is 56.2 Å². The maximum Gasteiger partial charge on any atom is 0.303 e. The van der Waals surface area contributed by atoms with Crippen LogP contribution in [0.25, 0.3) is 0 Å². The van der Waals surface area contributed by atoms with E-state index in [1.54, 1.807) is 0 Å². The summed E-state index contributed by atoms with van der Waals surface area (Å²) in [5.74, 6) is -1.01. The smallest absolute Gasteiger partial charge is 0.303 e. The Labute approximate surface area is 190 Å². The number of rotatable bonds is 8. The summed E-state index contributed by atoms with van der Waals surface area (Å²) in [6.07, 6.45) is 1.24. The van der Waals surface area contributed by atoms with Crippen LogP contribution in [0.4, 0.5) is 11.4 Å². The molecule has 1 aliphatic heterocycles. The summed E-state index contributed by atoms with van der Waals surface area (Å²) in [4.78, 5) is 26.5. The van der Waals surface area contributed by atoms with E-state index >= 15 is 0 Å². The molecule has 172 valence electrons. The number of carboxylic acids is 1. The van der Waals surface area contributed by atoms with Crippen molar-refractivity contribution in [3.05, 3.63) is 59.2 Å². The molecular weight excluding hydrogens is 404 g/mol. The predicted octanol–water partition coefficient (Wildman–Crippen LogP) is 4.76. The number of amides is 1. The van der Waals surface area contributed by atoms with E-state index in [2.05, 4.69) is 10.2 Å². The summed E-state index contributed by atoms with van der Waals surface area (Å²) >= 11 is 0. The average molecular weight is 439 g/mol. The molecule has 3 atom stereocenters. The predicted molar refractivity (Wildman–Crippen MR) is 127 cm³/mol. The lowest BCUT2D eigenvalue weighted by Gasteiger charge is -2.38. The molecule has 1 fully saturated rings. The van der Waals surface area contributed by atoms with E-state index in [0.717, 1.165) is 41.2 Å². The molecule has 0 spiro atoms. The summed E-state index contributed by atoms with van der Waals surface area (Å²) in [5, 5.41) is 12.4. The number of nitrogens with one attached hydrogen (secondary N) is 1. The first kappa shape index (κ1) is 23.8. The molecule has 1 saturated heterocycles. The number of ether oxygens (including phenoxy) is 1. The first-order valence-electron chi connectivity index (χ1n) is 11.4. The van der Waals surface area contributed by atoms with E-state index in [-0.39, 0.29) is 36.9 Å². The number of morpholine rings is 1. The Balaban J connectivity index is 1.89. The van der Waals surface area contributed by atoms with Gasteiger partial charge < -0.3 is 20.1 Å². The standard InChI is InChI=1S/C26H34N2O4/c1-5-21(14-26(30)31)22-10-11-24(28-15-18(3)32-19(4)16-28)23(13-22)27-25(29)12-20-8-6-17(2)7-9-20/h6-11,13,18-19,21H,5,12,14-16H2,1-4H3,(H,27,29)(H,30,31)/t18-,19+,21-/m0/s1. The van der Waals surface area contributed by atoms with Gasteiger partial charge in [-0.1, -0.05) is 42.8 Å². The number of hydrogen-bond donors (Lipinski definition) is 2. The van der Waals surface area contributed by atoms with Crippen molar-refractivity contribution < 1.29 is 19.4 Å². The highest BCUT2D eigenvalue weighted by atomic mass is 16.5. The van der Waals surface area contributed by atoms with Crippen LogP contribution in [0.2, 0.25) is 0 Å². The molecule has 3 rings (SSSR count). The number of aliphatic carboxylic acids is 1. The van der Waals surface area contributed by atoms with E-state index < -0.39 is 5.97 Å². The van der Waals surface area contributed by atoms with Crippen LogP contribution >= 0.6 is 0 Å². The van der Waals surface area contributed by atoms with Crippen LogP contribution in [0.3, 0.4) is 0 Å². The van der Waals surface area contributed by atoms with Gasteiger partial charge in [-0.15, -0.1) is 0 Å². The molecule has 1 heterocycles. The molecule has 0 bridgehead atoms. The van der Waals surface area contributed by atoms with Crippen molar-refractivity contribution in [1.82, 2.24) is 0 Å². The molecule has 32 heavy (non-hydrogen) atoms. The zero-order valence-corrected chi connectivity index (χ0v) is 19.4. The van der Waals surface area contributed by atoms with Crippen molar-refractivity contribution in [3.8, 4) is 0 Å². The minimum atomic E-state index is -0.818. The highest BCUT2D eigenvalue weighted by Crippen LogP contribution is 2.34. The zero-order valence-electron chi connectivity index (χ0n) is 19.4. The van der Waals surface area contributed by atoms with Crippen LogP contribution in [0.5, 0.6) is 0 Å². The van der Waals surface area contributed by atoms with Gasteiger partial charge in [0.1, 0.15) is 0 Å². The van der Waals surface area contributed by atoms with Crippen LogP contribution in [-0.2, 0) is 20.7 Å². The minimum Gasteiger partial charge on any atom is -0.481 e. The van der Waals surface area contributed by atoms with Gasteiger partial charge in [0.2, 0.25) is 5.91 Å². The number of aryl methyl sites for hydroxylation is 1. The SMILES string of the molecule is CC[C@@H](CC(=O)O)c1ccc(N2C[C@@H](C)O[C@@H](C)C2)c(NC(=O)Cc2ccc(C)cc2)c1. The Bertz CT molecular complexity index is 931. The zero-order chi connectivity index (χ0) is 23.3. The number of carbonyl (C=O) groups is 2. The average Bonchev–Trinajstić information content (AvgIpc) is 2.72. The van der Waals surface area contributed by atoms with Crippen LogP contribution in [-0.4, -0.2) is 42.3 Å². The molecule has 0 saturated carbocycles. The van der Waals surface area contributed by atoms with Gasteiger partial charge in [-0.3, -0.25) is 9.59 Å². The molecule has 2 N–H and O–H groups in total. The molecule has 0 aromatic heterocycles. The lowest BCUT2D eigenvalue weighted by molar-refractivity contribution is -0.137. The largest absolute Gasteiger partial charge is 0.481 e. The Morgan fingerprint density at radius 2 is 1.78 bits per heavy atom. The second-order valence-corrected chi connectivity index (χ2v) is 8.85. The van der Waals surface area contributed by atoms with Gasteiger partial charge in [0.15, 0.2) is 0 Å². The van der Waals surface area contributed by atoms with E-state index in [1.165, 1.54) is 0 Å². The van der Waals surface area contributed by atoms with Gasteiger partial charge in [-0.2, -0.15) is 0 Å². The third-order valence-corrected chi connectivity index (χ3v) is 5.93. The van der Waals surface area contributed by atoms with Gasteiger partial charge in [0.25, 0.3) is 0 Å². The number of anilines is 2. The fraction of sp³-hybridized carbons (Fsp3) is 0.462. The Morgan fingerprint density at radius 3 is 2.38 bits per heavy atom. The van der Waals surface area contributed by atoms with Gasteiger partial charge in [-0.25, -0.2) is 0 Å². The number of benzene rings is 2. The highest BCUT2D eigenvalue weighted by molar-refractivity contribution is 5.96. The molecule has 1 aliphatic rings. The molecule has 2 aromatic carbocycles.